The van der Waals surface area contributed by atoms with Gasteiger partial charge < -0.3 is 33.5 Å². The summed E-state index contributed by atoms with van der Waals surface area (Å²) in [5.74, 6) is 1.16. The molecule has 1 unspecified atom stereocenters. The molecule has 1 aromatic heterocycles. The largest absolute Gasteiger partial charge is 0.497 e. The third-order valence-corrected chi connectivity index (χ3v) is 14.4. The number of aromatic nitrogens is 2. The van der Waals surface area contributed by atoms with Gasteiger partial charge in [0.15, 0.2) is 6.23 Å². The van der Waals surface area contributed by atoms with Gasteiger partial charge >= 0.3 is 5.69 Å². The van der Waals surface area contributed by atoms with Crippen LogP contribution in [0.1, 0.15) is 73.0 Å². The Morgan fingerprint density at radius 2 is 1.48 bits per heavy atom. The molecule has 5 aromatic rings. The second kappa shape index (κ2) is 19.3. The summed E-state index contributed by atoms with van der Waals surface area (Å²) in [6.07, 6.45) is 0.234. The van der Waals surface area contributed by atoms with Gasteiger partial charge in [-0.25, -0.2) is 4.79 Å². The average Bonchev–Trinajstić information content (AvgIpc) is 3.81. The molecule has 0 radical (unpaired) electrons. The molecule has 0 saturated carbocycles. The zero-order chi connectivity index (χ0) is 44.0. The van der Waals surface area contributed by atoms with Crippen molar-refractivity contribution in [2.45, 2.75) is 82.3 Å². The van der Waals surface area contributed by atoms with E-state index in [-0.39, 0.29) is 50.1 Å². The molecule has 62 heavy (non-hydrogen) atoms. The van der Waals surface area contributed by atoms with E-state index in [0.717, 1.165) is 16.7 Å². The molecule has 2 saturated heterocycles. The fourth-order valence-corrected chi connectivity index (χ4v) is 11.4. The van der Waals surface area contributed by atoms with Crippen LogP contribution in [0.3, 0.4) is 0 Å². The summed E-state index contributed by atoms with van der Waals surface area (Å²) in [6, 6.07) is 36.7. The Kier molecular flexibility index (Phi) is 13.9. The van der Waals surface area contributed by atoms with Crippen molar-refractivity contribution in [2.24, 2.45) is 0 Å². The van der Waals surface area contributed by atoms with Crippen LogP contribution in [0.15, 0.2) is 120 Å². The molecule has 2 aliphatic rings. The first-order valence-corrected chi connectivity index (χ1v) is 22.1. The van der Waals surface area contributed by atoms with Gasteiger partial charge in [0.1, 0.15) is 42.9 Å². The number of hydrogen-bond donors (Lipinski definition) is 1. The lowest BCUT2D eigenvalue weighted by molar-refractivity contribution is -0.200. The number of methoxy groups -OCH3 is 2. The number of nitrogens with one attached hydrogen (secondary N) is 1. The van der Waals surface area contributed by atoms with E-state index in [2.05, 4.69) is 48.7 Å². The molecule has 1 amide bonds. The van der Waals surface area contributed by atoms with Gasteiger partial charge in [-0.3, -0.25) is 14.0 Å². The van der Waals surface area contributed by atoms with Gasteiger partial charge in [-0.1, -0.05) is 72.8 Å². The molecule has 2 fully saturated rings. The Bertz CT molecular complexity index is 2340. The number of carbonyl (C=O) groups is 1. The molecule has 3 heterocycles. The van der Waals surface area contributed by atoms with Gasteiger partial charge in [0.2, 0.25) is 0 Å². The first kappa shape index (κ1) is 44.6. The summed E-state index contributed by atoms with van der Waals surface area (Å²) in [5.41, 5.74) is 0.117. The number of carbonyl (C=O) groups excluding carboxylic acids is 1. The Morgan fingerprint density at radius 3 is 2.03 bits per heavy atom. The van der Waals surface area contributed by atoms with E-state index >= 15 is 0 Å². The second-order valence-corrected chi connectivity index (χ2v) is 17.9. The van der Waals surface area contributed by atoms with Crippen molar-refractivity contribution in [3.8, 4) is 17.6 Å². The molecule has 4 aromatic carbocycles. The van der Waals surface area contributed by atoms with E-state index < -0.39 is 43.2 Å². The summed E-state index contributed by atoms with van der Waals surface area (Å²) in [4.78, 5) is 31.6. The first-order chi connectivity index (χ1) is 30.0. The normalized spacial score (nSPS) is 20.0. The Labute approximate surface area is 364 Å². The smallest absolute Gasteiger partial charge is 0.351 e. The summed E-state index contributed by atoms with van der Waals surface area (Å²) in [5, 5.41) is 12.4. The number of nitriles is 1. The highest BCUT2D eigenvalue weighted by atomic mass is 31.2. The van der Waals surface area contributed by atoms with Gasteiger partial charge in [-0.05, 0) is 87.7 Å². The van der Waals surface area contributed by atoms with Crippen LogP contribution >= 0.6 is 8.30 Å². The molecular formula is C48H54N5O8P. The molecule has 0 aliphatic carbocycles. The molecule has 13 nitrogen and oxygen atoms in total. The molecular weight excluding hydrogens is 806 g/mol. The molecule has 2 aliphatic heterocycles. The minimum atomic E-state index is -1.56. The lowest BCUT2D eigenvalue weighted by Crippen LogP contribution is -2.50. The van der Waals surface area contributed by atoms with Crippen molar-refractivity contribution in [3.63, 3.8) is 0 Å². The van der Waals surface area contributed by atoms with Crippen molar-refractivity contribution in [1.29, 1.82) is 5.26 Å². The number of aryl methyl sites for hydroxylation is 1. The number of rotatable bonds is 18. The van der Waals surface area contributed by atoms with Crippen LogP contribution in [0.2, 0.25) is 0 Å². The zero-order valence-corrected chi connectivity index (χ0v) is 37.1. The lowest BCUT2D eigenvalue weighted by atomic mass is 9.79. The summed E-state index contributed by atoms with van der Waals surface area (Å²) < 4.78 is 43.3. The van der Waals surface area contributed by atoms with Crippen LogP contribution in [0.25, 0.3) is 0 Å². The highest BCUT2D eigenvalue weighted by Gasteiger charge is 2.67. The summed E-state index contributed by atoms with van der Waals surface area (Å²) >= 11 is 0. The predicted octanol–water partition coefficient (Wildman–Crippen LogP) is 8.23. The highest BCUT2D eigenvalue weighted by molar-refractivity contribution is 7.51. The van der Waals surface area contributed by atoms with Crippen LogP contribution < -0.4 is 20.5 Å². The number of ether oxygens (including phenoxy) is 5. The van der Waals surface area contributed by atoms with Gasteiger partial charge in [-0.15, -0.1) is 0 Å². The third kappa shape index (κ3) is 8.77. The van der Waals surface area contributed by atoms with Crippen molar-refractivity contribution in [2.75, 3.05) is 39.4 Å². The number of benzene rings is 4. The Morgan fingerprint density at radius 1 is 0.919 bits per heavy atom. The SMILES string of the molecule is COc1ccc(C(OC[C@@]23CO[C@@H]([C@H](n4cc(C)c(NC(=O)c5ccccc5)nc4=O)O2)[C@@H]3P(OCCC#N)N(C(C)C)C(C)C)(c2ccccc2)c2ccc(OC)cc2)cc1. The van der Waals surface area contributed by atoms with Crippen LogP contribution in [0.5, 0.6) is 11.5 Å². The molecule has 1 N–H and O–H groups in total. The van der Waals surface area contributed by atoms with E-state index in [1.165, 1.54) is 4.57 Å². The van der Waals surface area contributed by atoms with E-state index in [9.17, 15) is 14.9 Å². The van der Waals surface area contributed by atoms with Crippen molar-refractivity contribution in [1.82, 2.24) is 14.2 Å². The van der Waals surface area contributed by atoms with Gasteiger partial charge in [0.25, 0.3) is 5.91 Å². The summed E-state index contributed by atoms with van der Waals surface area (Å²) in [7, 11) is 1.71. The van der Waals surface area contributed by atoms with E-state index in [0.29, 0.717) is 22.6 Å². The topological polar surface area (TPSA) is 146 Å². The maximum atomic E-state index is 14.1. The van der Waals surface area contributed by atoms with E-state index in [1.54, 1.807) is 51.6 Å². The number of hydrogen-bond acceptors (Lipinski definition) is 11. The quantitative estimate of drug-likeness (QED) is 0.0517. The standard InChI is InChI=1S/C48H54N5O8P/c1-32(2)53(33(3)4)62(60-28-14-27-49)42-41-45(52-29-34(5)43(51-46(52)55)50-44(54)35-15-10-8-11-16-35)61-47(42,30-58-41)31-59-48(36-17-12-9-13-18-36,37-19-23-39(56-6)24-20-37)38-21-25-40(57-7)26-22-38/h8-13,15-26,29,32-33,41-42,45H,14,28,30-31H2,1-7H3,(H,50,51,54,55)/t41-,42+,45-,47-,62?/m1/s1. The minimum Gasteiger partial charge on any atom is -0.497 e. The minimum absolute atomic E-state index is 0.00840. The fourth-order valence-electron chi connectivity index (χ4n) is 8.54. The van der Waals surface area contributed by atoms with Gasteiger partial charge in [-0.2, -0.15) is 10.2 Å². The predicted molar refractivity (Wildman–Crippen MR) is 237 cm³/mol. The molecule has 2 bridgehead atoms. The number of amides is 1. The van der Waals surface area contributed by atoms with Crippen molar-refractivity contribution >= 4 is 20.0 Å². The van der Waals surface area contributed by atoms with E-state index in [1.807, 2.05) is 84.9 Å². The molecule has 14 heteroatoms. The van der Waals surface area contributed by atoms with Crippen molar-refractivity contribution < 1.29 is 33.0 Å². The first-order valence-electron chi connectivity index (χ1n) is 20.8. The Balaban J connectivity index is 1.36. The number of nitrogens with zero attached hydrogens (tertiary/aromatic N) is 4. The zero-order valence-electron chi connectivity index (χ0n) is 36.2. The van der Waals surface area contributed by atoms with E-state index in [4.69, 9.17) is 28.2 Å². The molecule has 324 valence electrons. The van der Waals surface area contributed by atoms with Crippen molar-refractivity contribution in [3.05, 3.63) is 154 Å². The van der Waals surface area contributed by atoms with Gasteiger partial charge in [0.05, 0.1) is 52.2 Å². The molecule has 5 atom stereocenters. The average molecular weight is 860 g/mol. The van der Waals surface area contributed by atoms with Crippen LogP contribution in [-0.4, -0.2) is 83.6 Å². The number of anilines is 1. The van der Waals surface area contributed by atoms with Crippen LogP contribution in [0, 0.1) is 18.3 Å². The number of fused-ring (bicyclic) bond motifs is 2. The summed E-state index contributed by atoms with van der Waals surface area (Å²) in [6.45, 7) is 10.6. The third-order valence-electron chi connectivity index (χ3n) is 11.4. The molecule has 7 rings (SSSR count). The molecule has 0 spiro atoms. The Hall–Kier alpha value is -5.45. The monoisotopic (exact) mass is 859 g/mol. The highest BCUT2D eigenvalue weighted by Crippen LogP contribution is 2.63. The maximum absolute atomic E-state index is 14.1. The van der Waals surface area contributed by atoms with Crippen LogP contribution in [0.4, 0.5) is 5.82 Å². The second-order valence-electron chi connectivity index (χ2n) is 16.0. The van der Waals surface area contributed by atoms with Gasteiger partial charge in [0, 0.05) is 29.4 Å². The van der Waals surface area contributed by atoms with Crippen LogP contribution in [-0.2, 0) is 24.3 Å². The lowest BCUT2D eigenvalue weighted by Gasteiger charge is -2.44. The maximum Gasteiger partial charge on any atom is 0.351 e. The fraction of sp³-hybridized carbons (Fsp3) is 0.375.